The number of aromatic nitrogens is 5. The van der Waals surface area contributed by atoms with E-state index in [1.54, 1.807) is 0 Å². The molecule has 0 saturated heterocycles. The van der Waals surface area contributed by atoms with E-state index in [9.17, 15) is 0 Å². The van der Waals surface area contributed by atoms with E-state index in [0.717, 1.165) is 127 Å². The summed E-state index contributed by atoms with van der Waals surface area (Å²) in [6.07, 6.45) is 0. The number of rotatable bonds is 8. The maximum absolute atomic E-state index is 5.79. The molecular weight excluding hydrogens is 877 g/mol. The first kappa shape index (κ1) is 41.2. The zero-order chi connectivity index (χ0) is 47.5. The molecular formula is C66H42N6. The molecule has 72 heavy (non-hydrogen) atoms. The van der Waals surface area contributed by atoms with Gasteiger partial charge in [0, 0.05) is 55.3 Å². The van der Waals surface area contributed by atoms with E-state index in [2.05, 4.69) is 252 Å². The highest BCUT2D eigenvalue weighted by molar-refractivity contribution is 6.27. The van der Waals surface area contributed by atoms with Gasteiger partial charge < -0.3 is 4.90 Å². The lowest BCUT2D eigenvalue weighted by Gasteiger charge is -2.26. The van der Waals surface area contributed by atoms with Crippen molar-refractivity contribution in [3.8, 4) is 50.7 Å². The highest BCUT2D eigenvalue weighted by atomic mass is 15.2. The fourth-order valence-electron chi connectivity index (χ4n) is 10.7. The molecule has 6 heteroatoms. The molecule has 0 spiro atoms. The van der Waals surface area contributed by atoms with Gasteiger partial charge in [-0.05, 0) is 88.1 Å². The minimum atomic E-state index is 0.568. The van der Waals surface area contributed by atoms with Crippen molar-refractivity contribution in [1.82, 2.24) is 24.5 Å². The second-order valence-corrected chi connectivity index (χ2v) is 18.2. The Balaban J connectivity index is 1.08. The van der Waals surface area contributed by atoms with Gasteiger partial charge in [0.1, 0.15) is 0 Å². The molecule has 0 amide bonds. The van der Waals surface area contributed by atoms with Crippen LogP contribution in [0.2, 0.25) is 0 Å². The Labute approximate surface area is 415 Å². The van der Waals surface area contributed by atoms with E-state index in [4.69, 9.17) is 19.9 Å². The lowest BCUT2D eigenvalue weighted by molar-refractivity contribution is 0.997. The van der Waals surface area contributed by atoms with Crippen molar-refractivity contribution >= 4 is 82.5 Å². The molecule has 14 rings (SSSR count). The first-order valence-corrected chi connectivity index (χ1v) is 24.3. The van der Waals surface area contributed by atoms with Crippen molar-refractivity contribution in [2.45, 2.75) is 0 Å². The summed E-state index contributed by atoms with van der Waals surface area (Å²) in [6, 6.07) is 89.5. The standard InChI is InChI=1S/C66H42N6/c1-7-21-43(22-8-1)47-35-39-57-55(41-47)60-58(72(57)66-69-61(45-25-11-3-12-26-45)59(44-23-9-2-10-24-44)62(70-66)46-27-13-4-14-28-46)40-38-56-65(60)68-64-53-37-36-50(42-54(53)51-33-19-20-34-52(51)63(64)67-56)71(48-29-15-5-16-30-48)49-31-17-6-18-32-49/h1-42H. The highest BCUT2D eigenvalue weighted by Crippen LogP contribution is 2.44. The minimum Gasteiger partial charge on any atom is -0.310 e. The van der Waals surface area contributed by atoms with Crippen LogP contribution < -0.4 is 4.90 Å². The number of para-hydroxylation sites is 2. The Hall–Kier alpha value is -9.78. The van der Waals surface area contributed by atoms with Gasteiger partial charge in [-0.3, -0.25) is 4.57 Å². The van der Waals surface area contributed by atoms with Gasteiger partial charge in [-0.2, -0.15) is 0 Å². The SMILES string of the molecule is c1ccc(-c2ccc3c(c2)c2c4nc5c6ccc(N(c7ccccc7)c7ccccc7)cc6c6ccccc6c5nc4ccc2n3-c2nc(-c3ccccc3)c(-c3ccccc3)c(-c3ccccc3)n2)cc1. The van der Waals surface area contributed by atoms with Gasteiger partial charge in [0.05, 0.1) is 44.5 Å². The van der Waals surface area contributed by atoms with Crippen LogP contribution in [0.4, 0.5) is 17.1 Å². The van der Waals surface area contributed by atoms with Crippen LogP contribution in [-0.2, 0) is 0 Å². The van der Waals surface area contributed by atoms with E-state index < -0.39 is 0 Å². The first-order valence-electron chi connectivity index (χ1n) is 24.3. The lowest BCUT2D eigenvalue weighted by atomic mass is 9.94. The number of hydrogen-bond acceptors (Lipinski definition) is 5. The van der Waals surface area contributed by atoms with Gasteiger partial charge >= 0.3 is 0 Å². The summed E-state index contributed by atoms with van der Waals surface area (Å²) >= 11 is 0. The number of benzene rings is 11. The van der Waals surface area contributed by atoms with Crippen LogP contribution in [0.15, 0.2) is 255 Å². The Bertz CT molecular complexity index is 4250. The predicted molar refractivity (Wildman–Crippen MR) is 298 cm³/mol. The molecule has 0 aliphatic rings. The van der Waals surface area contributed by atoms with Crippen molar-refractivity contribution in [1.29, 1.82) is 0 Å². The summed E-state index contributed by atoms with van der Waals surface area (Å²) in [4.78, 5) is 24.9. The predicted octanol–water partition coefficient (Wildman–Crippen LogP) is 17.1. The van der Waals surface area contributed by atoms with E-state index in [-0.39, 0.29) is 0 Å². The molecule has 14 aromatic rings. The van der Waals surface area contributed by atoms with Crippen molar-refractivity contribution in [2.24, 2.45) is 0 Å². The van der Waals surface area contributed by atoms with Crippen molar-refractivity contribution < 1.29 is 0 Å². The van der Waals surface area contributed by atoms with E-state index in [1.807, 2.05) is 12.1 Å². The second kappa shape index (κ2) is 17.0. The molecule has 3 heterocycles. The normalized spacial score (nSPS) is 11.6. The zero-order valence-electron chi connectivity index (χ0n) is 38.9. The molecule has 0 atom stereocenters. The van der Waals surface area contributed by atoms with Crippen LogP contribution in [0, 0.1) is 0 Å². The Kier molecular flexibility index (Phi) is 9.74. The number of fused-ring (bicyclic) bond motifs is 11. The molecule has 0 N–H and O–H groups in total. The summed E-state index contributed by atoms with van der Waals surface area (Å²) in [6.45, 7) is 0. The molecule has 0 saturated carbocycles. The van der Waals surface area contributed by atoms with Gasteiger partial charge in [0.25, 0.3) is 0 Å². The van der Waals surface area contributed by atoms with Crippen LogP contribution in [0.5, 0.6) is 0 Å². The molecule has 11 aromatic carbocycles. The van der Waals surface area contributed by atoms with Crippen molar-refractivity contribution in [3.63, 3.8) is 0 Å². The zero-order valence-corrected chi connectivity index (χ0v) is 38.9. The third-order valence-electron chi connectivity index (χ3n) is 13.9. The molecule has 0 radical (unpaired) electrons. The van der Waals surface area contributed by atoms with Gasteiger partial charge in [-0.15, -0.1) is 0 Å². The first-order chi connectivity index (χ1) is 35.7. The second-order valence-electron chi connectivity index (χ2n) is 18.2. The summed E-state index contributed by atoms with van der Waals surface area (Å²) in [5, 5.41) is 6.36. The number of hydrogen-bond donors (Lipinski definition) is 0. The van der Waals surface area contributed by atoms with E-state index in [1.165, 1.54) is 0 Å². The third kappa shape index (κ3) is 6.80. The minimum absolute atomic E-state index is 0.568. The van der Waals surface area contributed by atoms with E-state index >= 15 is 0 Å². The van der Waals surface area contributed by atoms with Gasteiger partial charge in [0.15, 0.2) is 0 Å². The molecule has 0 aliphatic carbocycles. The van der Waals surface area contributed by atoms with Gasteiger partial charge in [0.2, 0.25) is 5.95 Å². The quantitative estimate of drug-likeness (QED) is 0.112. The fraction of sp³-hybridized carbons (Fsp3) is 0. The third-order valence-corrected chi connectivity index (χ3v) is 13.9. The largest absolute Gasteiger partial charge is 0.310 e. The molecule has 0 bridgehead atoms. The Morgan fingerprint density at radius 2 is 0.792 bits per heavy atom. The number of nitrogens with zero attached hydrogens (tertiary/aromatic N) is 6. The van der Waals surface area contributed by atoms with Crippen molar-refractivity contribution in [3.05, 3.63) is 255 Å². The highest BCUT2D eigenvalue weighted by Gasteiger charge is 2.25. The molecule has 0 fully saturated rings. The van der Waals surface area contributed by atoms with Crippen LogP contribution in [0.3, 0.4) is 0 Å². The Morgan fingerprint density at radius 3 is 1.40 bits per heavy atom. The number of anilines is 3. The summed E-state index contributed by atoms with van der Waals surface area (Å²) < 4.78 is 2.23. The van der Waals surface area contributed by atoms with Crippen LogP contribution in [0.25, 0.3) is 116 Å². The average molecular weight is 919 g/mol. The summed E-state index contributed by atoms with van der Waals surface area (Å²) in [5.41, 5.74) is 16.5. The topological polar surface area (TPSA) is 59.7 Å². The Morgan fingerprint density at radius 1 is 0.292 bits per heavy atom. The molecule has 0 aliphatic heterocycles. The van der Waals surface area contributed by atoms with E-state index in [0.29, 0.717) is 5.95 Å². The molecule has 336 valence electrons. The summed E-state index contributed by atoms with van der Waals surface area (Å²) in [5.74, 6) is 0.568. The summed E-state index contributed by atoms with van der Waals surface area (Å²) in [7, 11) is 0. The molecule has 6 nitrogen and oxygen atoms in total. The molecule has 3 aromatic heterocycles. The fourth-order valence-corrected chi connectivity index (χ4v) is 10.7. The van der Waals surface area contributed by atoms with Gasteiger partial charge in [-0.25, -0.2) is 19.9 Å². The maximum atomic E-state index is 5.79. The van der Waals surface area contributed by atoms with Crippen LogP contribution >= 0.6 is 0 Å². The maximum Gasteiger partial charge on any atom is 0.235 e. The monoisotopic (exact) mass is 918 g/mol. The average Bonchev–Trinajstić information content (AvgIpc) is 3.80. The lowest BCUT2D eigenvalue weighted by Crippen LogP contribution is -2.09. The van der Waals surface area contributed by atoms with Crippen molar-refractivity contribution in [2.75, 3.05) is 4.90 Å². The van der Waals surface area contributed by atoms with Crippen LogP contribution in [0.1, 0.15) is 0 Å². The molecule has 0 unspecified atom stereocenters. The van der Waals surface area contributed by atoms with Crippen LogP contribution in [-0.4, -0.2) is 24.5 Å². The van der Waals surface area contributed by atoms with Gasteiger partial charge in [-0.1, -0.05) is 194 Å². The smallest absolute Gasteiger partial charge is 0.235 e.